The quantitative estimate of drug-likeness (QED) is 0.186. The van der Waals surface area contributed by atoms with Crippen LogP contribution in [0.2, 0.25) is 0 Å². The average Bonchev–Trinajstić information content (AvgIpc) is 3.60. The van der Waals surface area contributed by atoms with Crippen molar-refractivity contribution >= 4 is 51.2 Å². The van der Waals surface area contributed by atoms with Crippen LogP contribution in [0.3, 0.4) is 0 Å². The Morgan fingerprint density at radius 3 is 1.56 bits per heavy atom. The van der Waals surface area contributed by atoms with Crippen molar-refractivity contribution in [1.82, 2.24) is 0 Å². The van der Waals surface area contributed by atoms with E-state index in [4.69, 9.17) is 9.47 Å². The van der Waals surface area contributed by atoms with E-state index in [1.165, 1.54) is 14.6 Å². The second kappa shape index (κ2) is 11.2. The molecule has 2 aromatic heterocycles. The molecule has 1 spiro atoms. The molecule has 0 atom stereocenters. The van der Waals surface area contributed by atoms with Crippen LogP contribution in [-0.4, -0.2) is 32.1 Å². The highest BCUT2D eigenvalue weighted by molar-refractivity contribution is 7.12. The summed E-state index contributed by atoms with van der Waals surface area (Å²) in [6, 6.07) is 17.1. The van der Waals surface area contributed by atoms with Crippen LogP contribution in [0.15, 0.2) is 48.5 Å². The molecule has 0 unspecified atom stereocenters. The fourth-order valence-electron chi connectivity index (χ4n) is 6.83. The van der Waals surface area contributed by atoms with Crippen molar-refractivity contribution in [3.8, 4) is 11.5 Å². The van der Waals surface area contributed by atoms with Gasteiger partial charge in [-0.15, -0.1) is 22.7 Å². The SMILES string of the molecule is CCN(CC)c1ccc2c(c1)Oc1cc(N(CC)CC)ccc1C21OC(=O)C(c2cc(C)sc2C)=C1c1cc(C)sc1C. The molecule has 0 saturated heterocycles. The van der Waals surface area contributed by atoms with Gasteiger partial charge in [0, 0.05) is 91.5 Å². The molecule has 2 aliphatic rings. The first-order chi connectivity index (χ1) is 20.7. The van der Waals surface area contributed by atoms with Gasteiger partial charge in [-0.3, -0.25) is 0 Å². The Hall–Kier alpha value is -3.55. The summed E-state index contributed by atoms with van der Waals surface area (Å²) in [5.74, 6) is 1.16. The average molecular weight is 613 g/mol. The van der Waals surface area contributed by atoms with E-state index in [0.717, 1.165) is 81.8 Å². The van der Waals surface area contributed by atoms with Gasteiger partial charge in [0.2, 0.25) is 0 Å². The fraction of sp³-hybridized carbons (Fsp3) is 0.361. The molecule has 4 aromatic rings. The van der Waals surface area contributed by atoms with Crippen molar-refractivity contribution in [3.05, 3.63) is 90.3 Å². The van der Waals surface area contributed by atoms with E-state index in [1.807, 2.05) is 0 Å². The van der Waals surface area contributed by atoms with E-state index < -0.39 is 5.60 Å². The number of hydrogen-bond donors (Lipinski definition) is 0. The van der Waals surface area contributed by atoms with Gasteiger partial charge in [0.05, 0.1) is 5.57 Å². The van der Waals surface area contributed by atoms with Crippen LogP contribution in [0.25, 0.3) is 11.1 Å². The number of anilines is 2. The van der Waals surface area contributed by atoms with Gasteiger partial charge in [-0.2, -0.15) is 0 Å². The van der Waals surface area contributed by atoms with Crippen molar-refractivity contribution in [2.24, 2.45) is 0 Å². The lowest BCUT2D eigenvalue weighted by molar-refractivity contribution is -0.142. The maximum Gasteiger partial charge on any atom is 0.340 e. The molecular formula is C36H40N2O3S2. The second-order valence-electron chi connectivity index (χ2n) is 11.3. The second-order valence-corrected chi connectivity index (χ2v) is 14.2. The summed E-state index contributed by atoms with van der Waals surface area (Å²) in [5.41, 5.74) is 6.32. The van der Waals surface area contributed by atoms with Gasteiger partial charge in [-0.1, -0.05) is 0 Å². The number of esters is 1. The lowest BCUT2D eigenvalue weighted by Gasteiger charge is -2.39. The normalized spacial score (nSPS) is 14.9. The maximum absolute atomic E-state index is 14.3. The number of nitrogens with zero attached hydrogens (tertiary/aromatic N) is 2. The number of carbonyl (C=O) groups excluding carboxylic acids is 1. The number of carbonyl (C=O) groups is 1. The van der Waals surface area contributed by atoms with Gasteiger partial charge in [0.1, 0.15) is 11.5 Å². The van der Waals surface area contributed by atoms with Crippen LogP contribution in [0.1, 0.15) is 69.5 Å². The Kier molecular flexibility index (Phi) is 7.68. The van der Waals surface area contributed by atoms with Crippen LogP contribution < -0.4 is 14.5 Å². The van der Waals surface area contributed by atoms with Crippen molar-refractivity contribution in [3.63, 3.8) is 0 Å². The number of ether oxygens (including phenoxy) is 2. The summed E-state index contributed by atoms with van der Waals surface area (Å²) in [6.07, 6.45) is 0. The zero-order valence-corrected chi connectivity index (χ0v) is 28.0. The van der Waals surface area contributed by atoms with Gasteiger partial charge in [0.15, 0.2) is 5.60 Å². The largest absolute Gasteiger partial charge is 0.456 e. The maximum atomic E-state index is 14.3. The predicted molar refractivity (Wildman–Crippen MR) is 181 cm³/mol. The molecule has 2 aliphatic heterocycles. The standard InChI is InChI=1S/C36H40N2O3S2/c1-9-37(10-2)25-13-15-29-31(19-25)40-32-20-26(38(11-3)12-4)14-16-30(32)36(29)34(28-18-22(6)43-24(28)8)33(35(39)41-36)27-17-21(5)42-23(27)7/h13-20H,9-12H2,1-8H3. The summed E-state index contributed by atoms with van der Waals surface area (Å²) in [6.45, 7) is 20.7. The number of hydrogen-bond acceptors (Lipinski definition) is 7. The Morgan fingerprint density at radius 1 is 0.674 bits per heavy atom. The molecule has 224 valence electrons. The van der Waals surface area contributed by atoms with E-state index in [2.05, 4.69) is 114 Å². The van der Waals surface area contributed by atoms with Gasteiger partial charge >= 0.3 is 5.97 Å². The summed E-state index contributed by atoms with van der Waals surface area (Å²) in [4.78, 5) is 23.6. The third-order valence-corrected chi connectivity index (χ3v) is 10.8. The molecular weight excluding hydrogens is 573 g/mol. The summed E-state index contributed by atoms with van der Waals surface area (Å²) in [5, 5.41) is 0. The molecule has 0 N–H and O–H groups in total. The molecule has 0 saturated carbocycles. The number of fused-ring (bicyclic) bond motifs is 4. The van der Waals surface area contributed by atoms with Crippen molar-refractivity contribution < 1.29 is 14.3 Å². The molecule has 7 heteroatoms. The highest BCUT2D eigenvalue weighted by Gasteiger charge is 2.56. The number of aryl methyl sites for hydroxylation is 4. The third-order valence-electron chi connectivity index (χ3n) is 8.84. The predicted octanol–water partition coefficient (Wildman–Crippen LogP) is 9.25. The molecule has 6 rings (SSSR count). The van der Waals surface area contributed by atoms with Crippen LogP contribution >= 0.6 is 22.7 Å². The molecule has 43 heavy (non-hydrogen) atoms. The van der Waals surface area contributed by atoms with E-state index in [-0.39, 0.29) is 5.97 Å². The van der Waals surface area contributed by atoms with Crippen molar-refractivity contribution in [2.45, 2.75) is 61.0 Å². The number of benzene rings is 2. The minimum atomic E-state index is -1.15. The van der Waals surface area contributed by atoms with Gasteiger partial charge < -0.3 is 19.3 Å². The lowest BCUT2D eigenvalue weighted by Crippen LogP contribution is -2.34. The van der Waals surface area contributed by atoms with Gasteiger partial charge in [-0.05, 0) is 97.4 Å². The van der Waals surface area contributed by atoms with Crippen molar-refractivity contribution in [2.75, 3.05) is 36.0 Å². The Bertz CT molecular complexity index is 1690. The molecule has 5 nitrogen and oxygen atoms in total. The van der Waals surface area contributed by atoms with Crippen molar-refractivity contribution in [1.29, 1.82) is 0 Å². The van der Waals surface area contributed by atoms with Crippen LogP contribution in [0.5, 0.6) is 11.5 Å². The molecule has 0 radical (unpaired) electrons. The Labute approximate surface area is 263 Å². The monoisotopic (exact) mass is 612 g/mol. The summed E-state index contributed by atoms with van der Waals surface area (Å²) >= 11 is 3.47. The molecule has 2 aromatic carbocycles. The molecule has 0 bridgehead atoms. The van der Waals surface area contributed by atoms with Crippen LogP contribution in [0.4, 0.5) is 11.4 Å². The Morgan fingerprint density at radius 2 is 1.14 bits per heavy atom. The van der Waals surface area contributed by atoms with E-state index in [9.17, 15) is 4.79 Å². The minimum Gasteiger partial charge on any atom is -0.456 e. The fourth-order valence-corrected chi connectivity index (χ4v) is 8.69. The molecule has 4 heterocycles. The smallest absolute Gasteiger partial charge is 0.340 e. The van der Waals surface area contributed by atoms with Crippen LogP contribution in [0, 0.1) is 27.7 Å². The minimum absolute atomic E-state index is 0.293. The van der Waals surface area contributed by atoms with E-state index in [0.29, 0.717) is 5.57 Å². The third kappa shape index (κ3) is 4.59. The zero-order chi connectivity index (χ0) is 30.6. The highest BCUT2D eigenvalue weighted by Crippen LogP contribution is 2.62. The molecule has 0 amide bonds. The number of thiophene rings is 2. The topological polar surface area (TPSA) is 42.0 Å². The Balaban J connectivity index is 1.72. The first-order valence-corrected chi connectivity index (χ1v) is 16.9. The van der Waals surface area contributed by atoms with E-state index in [1.54, 1.807) is 22.7 Å². The summed E-state index contributed by atoms with van der Waals surface area (Å²) < 4.78 is 13.6. The lowest BCUT2D eigenvalue weighted by atomic mass is 9.74. The zero-order valence-electron chi connectivity index (χ0n) is 26.4. The van der Waals surface area contributed by atoms with Crippen LogP contribution in [-0.2, 0) is 15.1 Å². The highest BCUT2D eigenvalue weighted by atomic mass is 32.1. The van der Waals surface area contributed by atoms with Gasteiger partial charge in [-0.25, -0.2) is 4.79 Å². The molecule has 0 aliphatic carbocycles. The molecule has 0 fully saturated rings. The van der Waals surface area contributed by atoms with E-state index >= 15 is 0 Å². The number of rotatable bonds is 8. The first-order valence-electron chi connectivity index (χ1n) is 15.3. The summed E-state index contributed by atoms with van der Waals surface area (Å²) in [7, 11) is 0. The van der Waals surface area contributed by atoms with Gasteiger partial charge in [0.25, 0.3) is 0 Å². The first kappa shape index (κ1) is 29.5.